The summed E-state index contributed by atoms with van der Waals surface area (Å²) in [6.45, 7) is 12.2. The molecular formula is C31H49N7O4S. The van der Waals surface area contributed by atoms with Crippen molar-refractivity contribution in [2.24, 2.45) is 32.5 Å². The van der Waals surface area contributed by atoms with Gasteiger partial charge in [0.15, 0.2) is 11.2 Å². The third-order valence-electron chi connectivity index (χ3n) is 10.3. The fraction of sp³-hybridized carbons (Fsp3) is 0.806. The number of nitrogens with zero attached hydrogens (tertiary/aromatic N) is 6. The zero-order valence-electron chi connectivity index (χ0n) is 26.3. The number of piperidine rings is 2. The normalized spacial score (nSPS) is 30.7. The number of rotatable bonds is 6. The molecule has 3 atom stereocenters. The minimum atomic E-state index is -1.19. The lowest BCUT2D eigenvalue weighted by Crippen LogP contribution is -2.65. The second kappa shape index (κ2) is 11.6. The molecule has 0 aromatic carbocycles. The Kier molecular flexibility index (Phi) is 8.25. The van der Waals surface area contributed by atoms with Gasteiger partial charge in [-0.15, -0.1) is 0 Å². The maximum atomic E-state index is 13.6. The van der Waals surface area contributed by atoms with Gasteiger partial charge >= 0.3 is 6.09 Å². The Bertz CT molecular complexity index is 1220. The van der Waals surface area contributed by atoms with Gasteiger partial charge in [0.25, 0.3) is 0 Å². The predicted octanol–water partition coefficient (Wildman–Crippen LogP) is 3.44. The van der Waals surface area contributed by atoms with Crippen molar-refractivity contribution in [2.45, 2.75) is 103 Å². The van der Waals surface area contributed by atoms with Gasteiger partial charge in [0, 0.05) is 62.5 Å². The van der Waals surface area contributed by atoms with E-state index in [0.717, 1.165) is 83.0 Å². The third kappa shape index (κ3) is 5.91. The lowest BCUT2D eigenvalue weighted by Gasteiger charge is -2.54. The molecule has 2 amide bonds. The summed E-state index contributed by atoms with van der Waals surface area (Å²) >= 11 is -1.19. The first-order valence-electron chi connectivity index (χ1n) is 16.2. The van der Waals surface area contributed by atoms with Gasteiger partial charge in [-0.3, -0.25) is 14.7 Å². The summed E-state index contributed by atoms with van der Waals surface area (Å²) in [5.74, 6) is 1.33. The Morgan fingerprint density at radius 1 is 1.02 bits per heavy atom. The van der Waals surface area contributed by atoms with Crippen molar-refractivity contribution in [2.75, 3.05) is 39.3 Å². The predicted molar refractivity (Wildman–Crippen MR) is 167 cm³/mol. The molecule has 2 aliphatic carbocycles. The number of hydrogen-bond donors (Lipinski definition) is 1. The molecule has 6 rings (SSSR count). The van der Waals surface area contributed by atoms with Crippen LogP contribution in [-0.4, -0.2) is 104 Å². The number of carbonyl (C=O) groups excluding carboxylic acids is 2. The van der Waals surface area contributed by atoms with E-state index in [4.69, 9.17) is 15.5 Å². The topological polar surface area (TPSA) is 124 Å². The molecule has 2 N–H and O–H groups in total. The van der Waals surface area contributed by atoms with Crippen LogP contribution in [0.2, 0.25) is 0 Å². The molecule has 6 aliphatic rings. The largest absolute Gasteiger partial charge is 0.444 e. The van der Waals surface area contributed by atoms with Gasteiger partial charge < -0.3 is 15.4 Å². The van der Waals surface area contributed by atoms with Crippen molar-refractivity contribution in [3.05, 3.63) is 11.4 Å². The standard InChI is InChI=1S/C31H49N7O4S/c1-22-7-5-8-25(22)38-26(34-21-32)24(31(12-13-31)27(38)39)17-33-23-9-15-36(16-10-23)43(41)37-19-30(20-37)11-6-14-35(18-30)28(40)42-29(2,3)4/h17,21-23,25H,5-16,18-20H2,1-4H3,(H2,32,34). The number of amides is 2. The lowest BCUT2D eigenvalue weighted by molar-refractivity contribution is -0.134. The van der Waals surface area contributed by atoms with Crippen molar-refractivity contribution in [3.63, 3.8) is 0 Å². The number of hydrogen-bond acceptors (Lipinski definition) is 6. The van der Waals surface area contributed by atoms with E-state index in [1.54, 1.807) is 0 Å². The Hall–Kier alpha value is -2.31. The summed E-state index contributed by atoms with van der Waals surface area (Å²) in [4.78, 5) is 39.5. The minimum absolute atomic E-state index is 0.00648. The van der Waals surface area contributed by atoms with Crippen LogP contribution in [-0.2, 0) is 20.7 Å². The fourth-order valence-electron chi connectivity index (χ4n) is 7.85. The molecule has 0 aromatic heterocycles. The van der Waals surface area contributed by atoms with E-state index < -0.39 is 22.2 Å². The van der Waals surface area contributed by atoms with Gasteiger partial charge in [-0.05, 0) is 78.1 Å². The maximum absolute atomic E-state index is 13.6. The van der Waals surface area contributed by atoms with Crippen LogP contribution in [0.5, 0.6) is 0 Å². The molecule has 4 heterocycles. The summed E-state index contributed by atoms with van der Waals surface area (Å²) in [7, 11) is 0. The minimum Gasteiger partial charge on any atom is -0.444 e. The van der Waals surface area contributed by atoms with Crippen LogP contribution in [0, 0.1) is 16.7 Å². The number of nitrogens with two attached hydrogens (primary N) is 1. The molecule has 3 saturated heterocycles. The van der Waals surface area contributed by atoms with Crippen molar-refractivity contribution in [3.8, 4) is 0 Å². The second-order valence-corrected chi connectivity index (χ2v) is 16.2. The molecule has 2 saturated carbocycles. The van der Waals surface area contributed by atoms with Crippen molar-refractivity contribution in [1.29, 1.82) is 0 Å². The summed E-state index contributed by atoms with van der Waals surface area (Å²) in [6.07, 6.45) is 11.6. The van der Waals surface area contributed by atoms with Gasteiger partial charge in [0.1, 0.15) is 11.4 Å². The lowest BCUT2D eigenvalue weighted by atomic mass is 9.75. The molecule has 238 valence electrons. The average Bonchev–Trinajstić information content (AvgIpc) is 3.60. The van der Waals surface area contributed by atoms with Gasteiger partial charge in [-0.1, -0.05) is 13.3 Å². The SMILES string of the molecule is CC1CCCC1N1C(=O)C2(CC2)C(C=NC2CCN(S(=O)N3CC4(CCCN(C(=O)OC(C)(C)C)C4)C3)CC2)=C1/N=C/N. The molecule has 5 fully saturated rings. The highest BCUT2D eigenvalue weighted by Crippen LogP contribution is 2.59. The Morgan fingerprint density at radius 3 is 2.35 bits per heavy atom. The highest BCUT2D eigenvalue weighted by molar-refractivity contribution is 7.80. The monoisotopic (exact) mass is 615 g/mol. The van der Waals surface area contributed by atoms with Crippen LogP contribution in [0.4, 0.5) is 4.79 Å². The van der Waals surface area contributed by atoms with E-state index in [2.05, 4.69) is 16.2 Å². The molecule has 3 unspecified atom stereocenters. The van der Waals surface area contributed by atoms with E-state index in [0.29, 0.717) is 31.4 Å². The quantitative estimate of drug-likeness (QED) is 0.362. The first kappa shape index (κ1) is 30.7. The Morgan fingerprint density at radius 2 is 1.74 bits per heavy atom. The van der Waals surface area contributed by atoms with Crippen LogP contribution in [0.15, 0.2) is 21.4 Å². The molecule has 0 bridgehead atoms. The number of carbonyl (C=O) groups is 2. The zero-order chi connectivity index (χ0) is 30.6. The third-order valence-corrected chi connectivity index (χ3v) is 11.8. The van der Waals surface area contributed by atoms with E-state index in [9.17, 15) is 13.8 Å². The number of likely N-dealkylation sites (tertiary alicyclic amines) is 1. The highest BCUT2D eigenvalue weighted by Gasteiger charge is 2.62. The van der Waals surface area contributed by atoms with Crippen LogP contribution >= 0.6 is 0 Å². The first-order chi connectivity index (χ1) is 20.5. The van der Waals surface area contributed by atoms with Gasteiger partial charge in [0.2, 0.25) is 5.91 Å². The van der Waals surface area contributed by atoms with Crippen molar-refractivity contribution < 1.29 is 18.5 Å². The molecule has 4 aliphatic heterocycles. The fourth-order valence-corrected chi connectivity index (χ4v) is 9.46. The number of aliphatic imine (C=N–C) groups is 2. The molecule has 43 heavy (non-hydrogen) atoms. The Labute approximate surface area is 258 Å². The maximum Gasteiger partial charge on any atom is 0.410 e. The number of ether oxygens (including phenoxy) is 1. The van der Waals surface area contributed by atoms with Gasteiger partial charge in [-0.25, -0.2) is 22.6 Å². The molecular weight excluding hydrogens is 566 g/mol. The molecule has 2 spiro atoms. The van der Waals surface area contributed by atoms with E-state index >= 15 is 0 Å². The van der Waals surface area contributed by atoms with Crippen LogP contribution < -0.4 is 5.73 Å². The molecule has 12 heteroatoms. The zero-order valence-corrected chi connectivity index (χ0v) is 27.1. The second-order valence-electron chi connectivity index (χ2n) is 14.7. The molecule has 0 aromatic rings. The smallest absolute Gasteiger partial charge is 0.410 e. The van der Waals surface area contributed by atoms with E-state index in [-0.39, 0.29) is 29.5 Å². The van der Waals surface area contributed by atoms with E-state index in [1.165, 1.54) is 6.34 Å². The van der Waals surface area contributed by atoms with E-state index in [1.807, 2.05) is 41.1 Å². The van der Waals surface area contributed by atoms with Crippen LogP contribution in [0.3, 0.4) is 0 Å². The molecule has 0 radical (unpaired) electrons. The van der Waals surface area contributed by atoms with Crippen molar-refractivity contribution in [1.82, 2.24) is 18.4 Å². The van der Waals surface area contributed by atoms with Crippen LogP contribution in [0.1, 0.15) is 85.5 Å². The highest BCUT2D eigenvalue weighted by atomic mass is 32.2. The Balaban J connectivity index is 1.04. The summed E-state index contributed by atoms with van der Waals surface area (Å²) in [6, 6.07) is 0.306. The first-order valence-corrected chi connectivity index (χ1v) is 17.3. The van der Waals surface area contributed by atoms with Crippen molar-refractivity contribution >= 4 is 35.7 Å². The average molecular weight is 616 g/mol. The molecule has 11 nitrogen and oxygen atoms in total. The van der Waals surface area contributed by atoms with Gasteiger partial charge in [-0.2, -0.15) is 0 Å². The summed E-state index contributed by atoms with van der Waals surface area (Å²) in [5, 5.41) is 0. The summed E-state index contributed by atoms with van der Waals surface area (Å²) in [5.41, 5.74) is 5.72. The summed E-state index contributed by atoms with van der Waals surface area (Å²) < 4.78 is 23.2. The van der Waals surface area contributed by atoms with Gasteiger partial charge in [0.05, 0.1) is 17.8 Å². The van der Waals surface area contributed by atoms with Crippen LogP contribution in [0.25, 0.3) is 0 Å².